The Hall–Kier alpha value is -1.31. The molecule has 1 nitrogen and oxygen atoms in total. The molecule has 0 spiro atoms. The van der Waals surface area contributed by atoms with Crippen LogP contribution < -0.4 is 5.32 Å². The van der Waals surface area contributed by atoms with Crippen molar-refractivity contribution in [2.75, 3.05) is 6.54 Å². The quantitative estimate of drug-likeness (QED) is 0.793. The summed E-state index contributed by atoms with van der Waals surface area (Å²) in [6.07, 6.45) is 1.06. The van der Waals surface area contributed by atoms with Gasteiger partial charge >= 0.3 is 0 Å². The van der Waals surface area contributed by atoms with Crippen molar-refractivity contribution >= 4 is 11.6 Å². The number of halogens is 1. The van der Waals surface area contributed by atoms with Crippen LogP contribution in [-0.4, -0.2) is 6.54 Å². The van der Waals surface area contributed by atoms with Gasteiger partial charge in [0.1, 0.15) is 0 Å². The lowest BCUT2D eigenvalue weighted by molar-refractivity contribution is 0.687. The van der Waals surface area contributed by atoms with Crippen LogP contribution >= 0.6 is 11.6 Å². The van der Waals surface area contributed by atoms with Gasteiger partial charge in [-0.2, -0.15) is 0 Å². The number of benzene rings is 2. The molecular formula is C15H16ClN. The van der Waals surface area contributed by atoms with Gasteiger partial charge in [-0.05, 0) is 36.2 Å². The lowest BCUT2D eigenvalue weighted by atomic mass is 10.1. The summed E-state index contributed by atoms with van der Waals surface area (Å²) in [6.45, 7) is 1.85. The monoisotopic (exact) mass is 245 g/mol. The van der Waals surface area contributed by atoms with E-state index < -0.39 is 0 Å². The Bertz CT molecular complexity index is 453. The summed E-state index contributed by atoms with van der Waals surface area (Å²) in [4.78, 5) is 0. The smallest absolute Gasteiger partial charge is 0.0409 e. The number of hydrogen-bond acceptors (Lipinski definition) is 1. The van der Waals surface area contributed by atoms with Crippen molar-refractivity contribution < 1.29 is 0 Å². The first-order chi connectivity index (χ1) is 8.34. The maximum Gasteiger partial charge on any atom is 0.0409 e. The van der Waals surface area contributed by atoms with Crippen LogP contribution in [0.1, 0.15) is 11.1 Å². The third-order valence-electron chi connectivity index (χ3n) is 2.65. The van der Waals surface area contributed by atoms with Crippen molar-refractivity contribution in [1.29, 1.82) is 0 Å². The molecule has 2 aromatic carbocycles. The lowest BCUT2D eigenvalue weighted by Crippen LogP contribution is -2.16. The molecule has 0 saturated carbocycles. The lowest BCUT2D eigenvalue weighted by Gasteiger charge is -2.05. The molecule has 88 valence electrons. The fraction of sp³-hybridized carbons (Fsp3) is 0.200. The summed E-state index contributed by atoms with van der Waals surface area (Å²) in [5.41, 5.74) is 2.59. The molecule has 0 atom stereocenters. The molecule has 2 aromatic rings. The van der Waals surface area contributed by atoms with Crippen molar-refractivity contribution in [2.24, 2.45) is 0 Å². The van der Waals surface area contributed by atoms with Crippen LogP contribution in [0.5, 0.6) is 0 Å². The third-order valence-corrected chi connectivity index (χ3v) is 2.89. The van der Waals surface area contributed by atoms with E-state index in [-0.39, 0.29) is 0 Å². The Morgan fingerprint density at radius 2 is 1.65 bits per heavy atom. The Balaban J connectivity index is 1.73. The molecule has 2 rings (SSSR count). The summed E-state index contributed by atoms with van der Waals surface area (Å²) < 4.78 is 0. The van der Waals surface area contributed by atoms with Crippen LogP contribution in [0, 0.1) is 0 Å². The molecule has 0 fully saturated rings. The van der Waals surface area contributed by atoms with E-state index in [1.165, 1.54) is 11.1 Å². The molecule has 0 aromatic heterocycles. The highest BCUT2D eigenvalue weighted by molar-refractivity contribution is 6.30. The van der Waals surface area contributed by atoms with E-state index in [9.17, 15) is 0 Å². The zero-order valence-corrected chi connectivity index (χ0v) is 10.5. The first-order valence-electron chi connectivity index (χ1n) is 5.84. The average Bonchev–Trinajstić information content (AvgIpc) is 2.36. The molecule has 0 aliphatic carbocycles. The largest absolute Gasteiger partial charge is 0.312 e. The van der Waals surface area contributed by atoms with Gasteiger partial charge in [-0.25, -0.2) is 0 Å². The van der Waals surface area contributed by atoms with Gasteiger partial charge in [-0.15, -0.1) is 0 Å². The highest BCUT2D eigenvalue weighted by Crippen LogP contribution is 2.10. The van der Waals surface area contributed by atoms with E-state index in [0.717, 1.165) is 24.5 Å². The van der Waals surface area contributed by atoms with Crippen LogP contribution in [0.25, 0.3) is 0 Å². The van der Waals surface area contributed by atoms with Gasteiger partial charge in [0.2, 0.25) is 0 Å². The number of rotatable bonds is 5. The summed E-state index contributed by atoms with van der Waals surface area (Å²) in [5, 5.41) is 4.22. The zero-order valence-electron chi connectivity index (χ0n) is 9.70. The Morgan fingerprint density at radius 3 is 2.41 bits per heavy atom. The standard InChI is InChI=1S/C15H16ClN/c16-15-8-4-7-14(11-15)12-17-10-9-13-5-2-1-3-6-13/h1-8,11,17H,9-10,12H2. The van der Waals surface area contributed by atoms with Crippen LogP contribution in [-0.2, 0) is 13.0 Å². The molecule has 0 aliphatic heterocycles. The molecule has 0 bridgehead atoms. The number of nitrogens with one attached hydrogen (secondary N) is 1. The molecule has 0 amide bonds. The average molecular weight is 246 g/mol. The zero-order chi connectivity index (χ0) is 11.9. The third kappa shape index (κ3) is 4.22. The Morgan fingerprint density at radius 1 is 0.882 bits per heavy atom. The number of hydrogen-bond donors (Lipinski definition) is 1. The summed E-state index contributed by atoms with van der Waals surface area (Å²) >= 11 is 5.93. The van der Waals surface area contributed by atoms with Crippen molar-refractivity contribution in [3.63, 3.8) is 0 Å². The molecule has 0 aliphatic rings. The van der Waals surface area contributed by atoms with E-state index in [0.29, 0.717) is 0 Å². The molecule has 2 heteroatoms. The fourth-order valence-electron chi connectivity index (χ4n) is 1.76. The van der Waals surface area contributed by atoms with Crippen LogP contribution in [0.4, 0.5) is 0 Å². The minimum absolute atomic E-state index is 0.798. The van der Waals surface area contributed by atoms with Crippen LogP contribution in [0.2, 0.25) is 5.02 Å². The maximum absolute atomic E-state index is 5.93. The maximum atomic E-state index is 5.93. The van der Waals surface area contributed by atoms with E-state index >= 15 is 0 Å². The van der Waals surface area contributed by atoms with Crippen molar-refractivity contribution in [3.8, 4) is 0 Å². The summed E-state index contributed by atoms with van der Waals surface area (Å²) in [5.74, 6) is 0. The fourth-order valence-corrected chi connectivity index (χ4v) is 1.97. The minimum Gasteiger partial charge on any atom is -0.312 e. The van der Waals surface area contributed by atoms with E-state index in [1.54, 1.807) is 0 Å². The van der Waals surface area contributed by atoms with Crippen molar-refractivity contribution in [1.82, 2.24) is 5.32 Å². The molecule has 0 heterocycles. The molecule has 17 heavy (non-hydrogen) atoms. The normalized spacial score (nSPS) is 10.4. The second kappa shape index (κ2) is 6.43. The Labute approximate surface area is 107 Å². The van der Waals surface area contributed by atoms with Gasteiger partial charge in [0.25, 0.3) is 0 Å². The second-order valence-electron chi connectivity index (χ2n) is 4.04. The molecule has 0 saturated heterocycles. The van der Waals surface area contributed by atoms with Crippen molar-refractivity contribution in [2.45, 2.75) is 13.0 Å². The van der Waals surface area contributed by atoms with Crippen LogP contribution in [0.3, 0.4) is 0 Å². The highest BCUT2D eigenvalue weighted by atomic mass is 35.5. The van der Waals surface area contributed by atoms with E-state index in [4.69, 9.17) is 11.6 Å². The second-order valence-corrected chi connectivity index (χ2v) is 4.48. The van der Waals surface area contributed by atoms with Crippen LogP contribution in [0.15, 0.2) is 54.6 Å². The first-order valence-corrected chi connectivity index (χ1v) is 6.21. The highest BCUT2D eigenvalue weighted by Gasteiger charge is 1.94. The predicted molar refractivity (Wildman–Crippen MR) is 73.3 cm³/mol. The summed E-state index contributed by atoms with van der Waals surface area (Å²) in [7, 11) is 0. The topological polar surface area (TPSA) is 12.0 Å². The van der Waals surface area contributed by atoms with Gasteiger partial charge in [0.05, 0.1) is 0 Å². The first kappa shape index (κ1) is 12.2. The SMILES string of the molecule is Clc1cccc(CNCCc2ccccc2)c1. The minimum atomic E-state index is 0.798. The van der Waals surface area contributed by atoms with E-state index in [1.807, 2.05) is 24.3 Å². The molecule has 1 N–H and O–H groups in total. The molecular weight excluding hydrogens is 230 g/mol. The van der Waals surface area contributed by atoms with Gasteiger partial charge < -0.3 is 5.32 Å². The summed E-state index contributed by atoms with van der Waals surface area (Å²) in [6, 6.07) is 18.5. The van der Waals surface area contributed by atoms with Gasteiger partial charge in [-0.3, -0.25) is 0 Å². The van der Waals surface area contributed by atoms with Gasteiger partial charge in [0, 0.05) is 11.6 Å². The van der Waals surface area contributed by atoms with Gasteiger partial charge in [0.15, 0.2) is 0 Å². The Kier molecular flexibility index (Phi) is 4.60. The molecule has 0 unspecified atom stereocenters. The van der Waals surface area contributed by atoms with Crippen molar-refractivity contribution in [3.05, 3.63) is 70.7 Å². The molecule has 0 radical (unpaired) electrons. The van der Waals surface area contributed by atoms with E-state index in [2.05, 4.69) is 35.6 Å². The predicted octanol–water partition coefficient (Wildman–Crippen LogP) is 3.67. The van der Waals surface area contributed by atoms with Gasteiger partial charge in [-0.1, -0.05) is 54.1 Å².